The molecule has 1 aromatic rings. The second-order valence-electron chi connectivity index (χ2n) is 7.32. The smallest absolute Gasteiger partial charge is 0.150 e. The maximum Gasteiger partial charge on any atom is 0.150 e. The van der Waals surface area contributed by atoms with E-state index in [1.807, 2.05) is 20.8 Å². The lowest BCUT2D eigenvalue weighted by atomic mass is 9.85. The van der Waals surface area contributed by atoms with Crippen LogP contribution in [0.3, 0.4) is 0 Å². The molecule has 0 radical (unpaired) electrons. The van der Waals surface area contributed by atoms with E-state index in [0.717, 1.165) is 25.9 Å². The fourth-order valence-corrected chi connectivity index (χ4v) is 3.96. The largest absolute Gasteiger partial charge is 0.598 e. The second-order valence-corrected chi connectivity index (χ2v) is 9.69. The number of phenolic OH excluding ortho intramolecular Hbond substituents is 1. The predicted octanol–water partition coefficient (Wildman–Crippen LogP) is 3.59. The van der Waals surface area contributed by atoms with Gasteiger partial charge in [-0.1, -0.05) is 11.6 Å². The molecule has 7 heteroatoms. The van der Waals surface area contributed by atoms with Gasteiger partial charge in [0.05, 0.1) is 16.6 Å². The Morgan fingerprint density at radius 1 is 1.42 bits per heavy atom. The van der Waals surface area contributed by atoms with E-state index in [1.54, 1.807) is 6.92 Å². The summed E-state index contributed by atoms with van der Waals surface area (Å²) in [7, 11) is 0. The molecule has 1 aromatic carbocycles. The highest BCUT2D eigenvalue weighted by Crippen LogP contribution is 2.40. The Kier molecular flexibility index (Phi) is 6.42. The Morgan fingerprint density at radius 3 is 2.54 bits per heavy atom. The topological polar surface area (TPSA) is 67.3 Å². The summed E-state index contributed by atoms with van der Waals surface area (Å²) in [5, 5.41) is 13.6. The van der Waals surface area contributed by atoms with Crippen molar-refractivity contribution in [3.63, 3.8) is 0 Å². The standard InChI is InChI=1S/C17H26ClFN2O2S/c1-10-9-12(22)13(15(19)14(10)18)16(11-5-7-20-8-6-11)21-24(23)17(2,3)4/h9,11,16,20-22H,5-8H2,1-4H3/t16-,24+/m1/s1. The average Bonchev–Trinajstić information content (AvgIpc) is 2.51. The van der Waals surface area contributed by atoms with Crippen LogP contribution in [0, 0.1) is 18.7 Å². The van der Waals surface area contributed by atoms with Crippen LogP contribution < -0.4 is 10.0 Å². The zero-order chi connectivity index (χ0) is 18.1. The summed E-state index contributed by atoms with van der Waals surface area (Å²) in [6.07, 6.45) is 1.62. The summed E-state index contributed by atoms with van der Waals surface area (Å²) in [5.74, 6) is -0.704. The Bertz CT molecular complexity index is 589. The van der Waals surface area contributed by atoms with Gasteiger partial charge in [0, 0.05) is 11.4 Å². The Morgan fingerprint density at radius 2 is 2.00 bits per heavy atom. The molecule has 1 saturated heterocycles. The number of hydrogen-bond acceptors (Lipinski definition) is 4. The van der Waals surface area contributed by atoms with Crippen LogP contribution in [-0.2, 0) is 11.4 Å². The Hall–Kier alpha value is -0.530. The Balaban J connectivity index is 2.44. The number of piperidine rings is 1. The highest BCUT2D eigenvalue weighted by atomic mass is 35.5. The second kappa shape index (κ2) is 7.79. The minimum absolute atomic E-state index is 0.00470. The van der Waals surface area contributed by atoms with Crippen molar-refractivity contribution in [2.45, 2.75) is 51.3 Å². The molecule has 0 aliphatic carbocycles. The van der Waals surface area contributed by atoms with Gasteiger partial charge in [-0.2, -0.15) is 0 Å². The molecule has 0 unspecified atom stereocenters. The van der Waals surface area contributed by atoms with Crippen molar-refractivity contribution in [2.75, 3.05) is 13.1 Å². The molecule has 0 saturated carbocycles. The van der Waals surface area contributed by atoms with Gasteiger partial charge in [0.1, 0.15) is 10.5 Å². The lowest BCUT2D eigenvalue weighted by Crippen LogP contribution is -2.45. The summed E-state index contributed by atoms with van der Waals surface area (Å²) in [6.45, 7) is 8.84. The number of hydrogen-bond donors (Lipinski definition) is 3. The average molecular weight is 377 g/mol. The van der Waals surface area contributed by atoms with Gasteiger partial charge in [-0.25, -0.2) is 4.39 Å². The molecule has 24 heavy (non-hydrogen) atoms. The summed E-state index contributed by atoms with van der Waals surface area (Å²) < 4.78 is 30.0. The van der Waals surface area contributed by atoms with Crippen LogP contribution in [0.2, 0.25) is 5.02 Å². The van der Waals surface area contributed by atoms with Crippen molar-refractivity contribution in [1.29, 1.82) is 0 Å². The molecular weight excluding hydrogens is 351 g/mol. The SMILES string of the molecule is Cc1cc(O)c([C@H](N[S@@+]([O-])C(C)(C)C)C2CCNCC2)c(F)c1Cl. The highest BCUT2D eigenvalue weighted by Gasteiger charge is 2.37. The number of aromatic hydroxyl groups is 1. The minimum atomic E-state index is -1.39. The van der Waals surface area contributed by atoms with Crippen molar-refractivity contribution in [3.05, 3.63) is 28.0 Å². The summed E-state index contributed by atoms with van der Waals surface area (Å²) in [5.41, 5.74) is 0.603. The molecule has 2 atom stereocenters. The van der Waals surface area contributed by atoms with E-state index in [0.29, 0.717) is 5.56 Å². The van der Waals surface area contributed by atoms with Crippen LogP contribution in [0.5, 0.6) is 5.75 Å². The fraction of sp³-hybridized carbons (Fsp3) is 0.647. The predicted molar refractivity (Wildman–Crippen MR) is 97.2 cm³/mol. The van der Waals surface area contributed by atoms with Crippen LogP contribution >= 0.6 is 11.6 Å². The summed E-state index contributed by atoms with van der Waals surface area (Å²) in [4.78, 5) is 0. The molecule has 2 rings (SSSR count). The maximum absolute atomic E-state index is 14.8. The summed E-state index contributed by atoms with van der Waals surface area (Å²) >= 11 is 4.67. The maximum atomic E-state index is 14.8. The van der Waals surface area contributed by atoms with E-state index in [1.165, 1.54) is 6.07 Å². The molecule has 0 spiro atoms. The molecule has 0 bridgehead atoms. The molecule has 1 aliphatic heterocycles. The number of aryl methyl sites for hydroxylation is 1. The van der Waals surface area contributed by atoms with Crippen molar-refractivity contribution >= 4 is 23.0 Å². The molecule has 1 fully saturated rings. The van der Waals surface area contributed by atoms with Crippen LogP contribution in [0.25, 0.3) is 0 Å². The normalized spacial score (nSPS) is 19.3. The molecule has 4 nitrogen and oxygen atoms in total. The van der Waals surface area contributed by atoms with Gasteiger partial charge in [-0.15, -0.1) is 4.72 Å². The van der Waals surface area contributed by atoms with Gasteiger partial charge in [-0.3, -0.25) is 0 Å². The van der Waals surface area contributed by atoms with Gasteiger partial charge < -0.3 is 15.0 Å². The van der Waals surface area contributed by atoms with Crippen LogP contribution in [0.1, 0.15) is 50.8 Å². The molecule has 0 amide bonds. The fourth-order valence-electron chi connectivity index (χ4n) is 2.91. The highest BCUT2D eigenvalue weighted by molar-refractivity contribution is 7.90. The van der Waals surface area contributed by atoms with Gasteiger partial charge in [0.15, 0.2) is 5.82 Å². The number of benzene rings is 1. The number of phenols is 1. The van der Waals surface area contributed by atoms with Gasteiger partial charge >= 0.3 is 0 Å². The molecule has 1 aliphatic rings. The Labute approximate surface area is 151 Å². The van der Waals surface area contributed by atoms with E-state index in [9.17, 15) is 14.0 Å². The molecular formula is C17H26ClFN2O2S. The number of rotatable bonds is 4. The van der Waals surface area contributed by atoms with E-state index in [-0.39, 0.29) is 22.3 Å². The monoisotopic (exact) mass is 376 g/mol. The minimum Gasteiger partial charge on any atom is -0.598 e. The first-order valence-electron chi connectivity index (χ1n) is 8.19. The molecule has 136 valence electrons. The third-order valence-corrected chi connectivity index (χ3v) is 6.41. The molecule has 3 N–H and O–H groups in total. The first-order valence-corrected chi connectivity index (χ1v) is 9.72. The van der Waals surface area contributed by atoms with Crippen molar-refractivity contribution in [2.24, 2.45) is 5.92 Å². The van der Waals surface area contributed by atoms with Crippen molar-refractivity contribution < 1.29 is 14.0 Å². The molecule has 1 heterocycles. The van der Waals surface area contributed by atoms with E-state index in [4.69, 9.17) is 11.6 Å². The number of nitrogens with one attached hydrogen (secondary N) is 2. The quantitative estimate of drug-likeness (QED) is 0.702. The van der Waals surface area contributed by atoms with Crippen LogP contribution in [-0.4, -0.2) is 27.5 Å². The lowest BCUT2D eigenvalue weighted by Gasteiger charge is -2.35. The van der Waals surface area contributed by atoms with Gasteiger partial charge in [0.25, 0.3) is 0 Å². The van der Waals surface area contributed by atoms with Gasteiger partial charge in [0.2, 0.25) is 0 Å². The number of halogens is 2. The van der Waals surface area contributed by atoms with Gasteiger partial charge in [-0.05, 0) is 71.2 Å². The zero-order valence-corrected chi connectivity index (χ0v) is 16.2. The van der Waals surface area contributed by atoms with E-state index >= 15 is 0 Å². The first kappa shape index (κ1) is 19.8. The zero-order valence-electron chi connectivity index (χ0n) is 14.6. The van der Waals surface area contributed by atoms with Crippen LogP contribution in [0.15, 0.2) is 6.07 Å². The van der Waals surface area contributed by atoms with E-state index < -0.39 is 28.0 Å². The summed E-state index contributed by atoms with van der Waals surface area (Å²) in [6, 6.07) is 0.918. The third kappa shape index (κ3) is 4.35. The molecule has 0 aromatic heterocycles. The van der Waals surface area contributed by atoms with Crippen molar-refractivity contribution in [3.8, 4) is 5.75 Å². The van der Waals surface area contributed by atoms with Crippen molar-refractivity contribution in [1.82, 2.24) is 10.0 Å². The third-order valence-electron chi connectivity index (χ3n) is 4.36. The van der Waals surface area contributed by atoms with E-state index in [2.05, 4.69) is 10.0 Å². The first-order chi connectivity index (χ1) is 11.1. The lowest BCUT2D eigenvalue weighted by molar-refractivity contribution is 0.293. The van der Waals surface area contributed by atoms with Crippen LogP contribution in [0.4, 0.5) is 4.39 Å².